The maximum atomic E-state index is 12.0. The van der Waals surface area contributed by atoms with E-state index in [4.69, 9.17) is 16.3 Å². The number of halogens is 1. The smallest absolute Gasteiger partial charge is 0.268 e. The van der Waals surface area contributed by atoms with Crippen molar-refractivity contribution in [2.75, 3.05) is 37.1 Å². The van der Waals surface area contributed by atoms with Crippen molar-refractivity contribution >= 4 is 17.3 Å². The van der Waals surface area contributed by atoms with Crippen molar-refractivity contribution in [1.29, 1.82) is 0 Å². The standard InChI is InChI=1S/C14H22ClN3O2/c1-12-2-5-17(6-3-12)13-10-14(19)18(16-11-13)7-9-20-8-4-15/h10-12H,2-9H2,1H3. The number of aromatic nitrogens is 2. The van der Waals surface area contributed by atoms with Crippen LogP contribution >= 0.6 is 11.6 Å². The van der Waals surface area contributed by atoms with E-state index in [9.17, 15) is 4.79 Å². The van der Waals surface area contributed by atoms with Gasteiger partial charge in [-0.15, -0.1) is 11.6 Å². The number of anilines is 1. The Hall–Kier alpha value is -1.07. The minimum atomic E-state index is -0.0735. The van der Waals surface area contributed by atoms with Crippen molar-refractivity contribution in [2.24, 2.45) is 5.92 Å². The van der Waals surface area contributed by atoms with E-state index >= 15 is 0 Å². The van der Waals surface area contributed by atoms with Crippen LogP contribution in [0.4, 0.5) is 5.69 Å². The summed E-state index contributed by atoms with van der Waals surface area (Å²) in [5.74, 6) is 1.24. The highest BCUT2D eigenvalue weighted by molar-refractivity contribution is 6.17. The highest BCUT2D eigenvalue weighted by atomic mass is 35.5. The number of hydrogen-bond acceptors (Lipinski definition) is 4. The van der Waals surface area contributed by atoms with Gasteiger partial charge in [0.25, 0.3) is 5.56 Å². The molecule has 1 aliphatic heterocycles. The van der Waals surface area contributed by atoms with Crippen LogP contribution in [-0.2, 0) is 11.3 Å². The Kier molecular flexibility index (Phi) is 5.86. The Bertz CT molecular complexity index is 470. The SMILES string of the molecule is CC1CCN(c2cnn(CCOCCCl)c(=O)c2)CC1. The molecule has 2 heterocycles. The molecule has 0 N–H and O–H groups in total. The van der Waals surface area contributed by atoms with E-state index < -0.39 is 0 Å². The van der Waals surface area contributed by atoms with Crippen molar-refractivity contribution in [3.63, 3.8) is 0 Å². The molecular weight excluding hydrogens is 278 g/mol. The molecule has 1 fully saturated rings. The topological polar surface area (TPSA) is 47.4 Å². The Balaban J connectivity index is 1.93. The van der Waals surface area contributed by atoms with Gasteiger partial charge in [0.05, 0.1) is 31.6 Å². The van der Waals surface area contributed by atoms with Gasteiger partial charge in [0, 0.05) is 25.0 Å². The minimum Gasteiger partial charge on any atom is -0.378 e. The lowest BCUT2D eigenvalue weighted by molar-refractivity contribution is 0.136. The van der Waals surface area contributed by atoms with Gasteiger partial charge in [0.1, 0.15) is 0 Å². The molecule has 20 heavy (non-hydrogen) atoms. The number of ether oxygens (including phenoxy) is 1. The molecule has 0 atom stereocenters. The summed E-state index contributed by atoms with van der Waals surface area (Å²) in [4.78, 5) is 14.2. The van der Waals surface area contributed by atoms with Crippen LogP contribution in [0.2, 0.25) is 0 Å². The minimum absolute atomic E-state index is 0.0735. The fourth-order valence-electron chi connectivity index (χ4n) is 2.34. The van der Waals surface area contributed by atoms with E-state index in [2.05, 4.69) is 16.9 Å². The second-order valence-corrected chi connectivity index (χ2v) is 5.62. The molecule has 112 valence electrons. The zero-order chi connectivity index (χ0) is 14.4. The van der Waals surface area contributed by atoms with Gasteiger partial charge in [0.15, 0.2) is 0 Å². The van der Waals surface area contributed by atoms with E-state index in [-0.39, 0.29) is 5.56 Å². The highest BCUT2D eigenvalue weighted by Gasteiger charge is 2.16. The second-order valence-electron chi connectivity index (χ2n) is 5.25. The number of alkyl halides is 1. The van der Waals surface area contributed by atoms with Gasteiger partial charge in [-0.1, -0.05) is 6.92 Å². The van der Waals surface area contributed by atoms with E-state index in [1.165, 1.54) is 17.5 Å². The first kappa shape index (κ1) is 15.3. The molecule has 5 nitrogen and oxygen atoms in total. The van der Waals surface area contributed by atoms with E-state index in [1.807, 2.05) is 0 Å². The van der Waals surface area contributed by atoms with Crippen LogP contribution in [0.1, 0.15) is 19.8 Å². The normalized spacial score (nSPS) is 16.6. The van der Waals surface area contributed by atoms with Crippen LogP contribution in [0.5, 0.6) is 0 Å². The fourth-order valence-corrected chi connectivity index (χ4v) is 2.45. The summed E-state index contributed by atoms with van der Waals surface area (Å²) in [5.41, 5.74) is 0.857. The molecule has 1 aromatic heterocycles. The lowest BCUT2D eigenvalue weighted by Gasteiger charge is -2.31. The summed E-state index contributed by atoms with van der Waals surface area (Å²) in [6.07, 6.45) is 4.13. The number of rotatable bonds is 6. The van der Waals surface area contributed by atoms with Gasteiger partial charge in [-0.05, 0) is 18.8 Å². The molecule has 0 aliphatic carbocycles. The lowest BCUT2D eigenvalue weighted by Crippen LogP contribution is -2.34. The monoisotopic (exact) mass is 299 g/mol. The Morgan fingerprint density at radius 2 is 2.15 bits per heavy atom. The van der Waals surface area contributed by atoms with E-state index in [0.29, 0.717) is 25.6 Å². The summed E-state index contributed by atoms with van der Waals surface area (Å²) in [5, 5.41) is 4.22. The molecule has 0 spiro atoms. The van der Waals surface area contributed by atoms with Crippen molar-refractivity contribution in [3.05, 3.63) is 22.6 Å². The third-order valence-corrected chi connectivity index (χ3v) is 3.83. The summed E-state index contributed by atoms with van der Waals surface area (Å²) in [6.45, 7) is 5.71. The first-order chi connectivity index (χ1) is 9.70. The molecular formula is C14H22ClN3O2. The summed E-state index contributed by atoms with van der Waals surface area (Å²) in [7, 11) is 0. The van der Waals surface area contributed by atoms with Crippen molar-refractivity contribution < 1.29 is 4.74 Å². The number of hydrogen-bond donors (Lipinski definition) is 0. The number of piperidine rings is 1. The quantitative estimate of drug-likeness (QED) is 0.593. The van der Waals surface area contributed by atoms with Crippen molar-refractivity contribution in [1.82, 2.24) is 9.78 Å². The first-order valence-electron chi connectivity index (χ1n) is 7.16. The molecule has 0 aromatic carbocycles. The molecule has 0 unspecified atom stereocenters. The van der Waals surface area contributed by atoms with Gasteiger partial charge < -0.3 is 9.64 Å². The highest BCUT2D eigenvalue weighted by Crippen LogP contribution is 2.20. The predicted octanol–water partition coefficient (Wildman–Crippen LogP) is 1.74. The van der Waals surface area contributed by atoms with Gasteiger partial charge in [-0.25, -0.2) is 4.68 Å². The van der Waals surface area contributed by atoms with E-state index in [0.717, 1.165) is 24.7 Å². The summed E-state index contributed by atoms with van der Waals surface area (Å²) in [6, 6.07) is 1.67. The molecule has 0 radical (unpaired) electrons. The Morgan fingerprint density at radius 3 is 2.80 bits per heavy atom. The molecule has 1 aromatic rings. The van der Waals surface area contributed by atoms with Crippen LogP contribution in [0.25, 0.3) is 0 Å². The molecule has 1 aliphatic rings. The lowest BCUT2D eigenvalue weighted by atomic mass is 9.99. The Labute approximate surface area is 124 Å². The van der Waals surface area contributed by atoms with Gasteiger partial charge in [0.2, 0.25) is 0 Å². The molecule has 6 heteroatoms. The van der Waals surface area contributed by atoms with Gasteiger partial charge >= 0.3 is 0 Å². The molecule has 0 saturated carbocycles. The summed E-state index contributed by atoms with van der Waals surface area (Å²) >= 11 is 5.52. The Morgan fingerprint density at radius 1 is 1.40 bits per heavy atom. The zero-order valence-electron chi connectivity index (χ0n) is 11.9. The van der Waals surface area contributed by atoms with E-state index in [1.54, 1.807) is 12.3 Å². The molecule has 2 rings (SSSR count). The average Bonchev–Trinajstić information content (AvgIpc) is 2.46. The zero-order valence-corrected chi connectivity index (χ0v) is 12.7. The van der Waals surface area contributed by atoms with Crippen molar-refractivity contribution in [2.45, 2.75) is 26.3 Å². The van der Waals surface area contributed by atoms with Gasteiger partial charge in [-0.3, -0.25) is 4.79 Å². The van der Waals surface area contributed by atoms with Crippen LogP contribution in [0, 0.1) is 5.92 Å². The van der Waals surface area contributed by atoms with Crippen molar-refractivity contribution in [3.8, 4) is 0 Å². The fraction of sp³-hybridized carbons (Fsp3) is 0.714. The molecule has 0 amide bonds. The van der Waals surface area contributed by atoms with Crippen LogP contribution in [0.15, 0.2) is 17.1 Å². The maximum Gasteiger partial charge on any atom is 0.268 e. The molecule has 1 saturated heterocycles. The molecule has 0 bridgehead atoms. The maximum absolute atomic E-state index is 12.0. The average molecular weight is 300 g/mol. The largest absolute Gasteiger partial charge is 0.378 e. The first-order valence-corrected chi connectivity index (χ1v) is 7.70. The third kappa shape index (κ3) is 4.21. The third-order valence-electron chi connectivity index (χ3n) is 3.67. The predicted molar refractivity (Wildman–Crippen MR) is 80.6 cm³/mol. The van der Waals surface area contributed by atoms with Crippen LogP contribution < -0.4 is 10.5 Å². The number of nitrogens with zero attached hydrogens (tertiary/aromatic N) is 3. The second kappa shape index (κ2) is 7.64. The summed E-state index contributed by atoms with van der Waals surface area (Å²) < 4.78 is 6.69. The van der Waals surface area contributed by atoms with Crippen LogP contribution in [-0.4, -0.2) is 42.0 Å². The van der Waals surface area contributed by atoms with Gasteiger partial charge in [-0.2, -0.15) is 5.10 Å². The van der Waals surface area contributed by atoms with Crippen LogP contribution in [0.3, 0.4) is 0 Å².